The van der Waals surface area contributed by atoms with E-state index in [1.165, 1.54) is 40.1 Å². The molecule has 1 aliphatic rings. The Balaban J connectivity index is 0.000000426. The summed E-state index contributed by atoms with van der Waals surface area (Å²) in [5, 5.41) is 8.14. The van der Waals surface area contributed by atoms with Crippen LogP contribution in [-0.2, 0) is 33.2 Å². The first-order valence-electron chi connectivity index (χ1n) is 16.9. The number of ether oxygens (including phenoxy) is 2. The van der Waals surface area contributed by atoms with E-state index >= 15 is 0 Å². The van der Waals surface area contributed by atoms with Gasteiger partial charge in [-0.25, -0.2) is 23.4 Å². The minimum atomic E-state index is -0.715. The number of hydrogen-bond donors (Lipinski definition) is 1. The molecule has 0 unspecified atom stereocenters. The highest BCUT2D eigenvalue weighted by atomic mass is 79.9. The Hall–Kier alpha value is -5.99. The Morgan fingerprint density at radius 3 is 1.75 bits per heavy atom. The lowest BCUT2D eigenvalue weighted by Crippen LogP contribution is -3.00. The largest absolute Gasteiger partial charge is 1.00 e. The van der Waals surface area contributed by atoms with Crippen LogP contribution in [0.2, 0.25) is 0 Å². The number of amides is 1. The van der Waals surface area contributed by atoms with Crippen molar-refractivity contribution < 1.29 is 67.0 Å². The Morgan fingerprint density at radius 2 is 1.22 bits per heavy atom. The summed E-state index contributed by atoms with van der Waals surface area (Å²) >= 11 is 0. The number of nitrogens with zero attached hydrogens (tertiary/aromatic N) is 5. The zero-order chi connectivity index (χ0) is 37.7. The molecular weight excluding hydrogens is 832 g/mol. The summed E-state index contributed by atoms with van der Waals surface area (Å²) in [6.45, 7) is 3.61. The van der Waals surface area contributed by atoms with Crippen molar-refractivity contribution in [2.45, 2.75) is 13.8 Å². The lowest BCUT2D eigenvalue weighted by molar-refractivity contribution is -0.671. The van der Waals surface area contributed by atoms with Crippen LogP contribution in [0.3, 0.4) is 0 Å². The van der Waals surface area contributed by atoms with Crippen molar-refractivity contribution in [2.24, 2.45) is 19.2 Å². The summed E-state index contributed by atoms with van der Waals surface area (Å²) in [6.07, 6.45) is 15.8. The van der Waals surface area contributed by atoms with Crippen molar-refractivity contribution in [1.82, 2.24) is 9.78 Å². The number of hydrazone groups is 1. The third-order valence-electron chi connectivity index (χ3n) is 7.81. The van der Waals surface area contributed by atoms with E-state index in [0.29, 0.717) is 11.4 Å². The third-order valence-corrected chi connectivity index (χ3v) is 7.81. The molecule has 0 fully saturated rings. The summed E-state index contributed by atoms with van der Waals surface area (Å²) in [5.41, 5.74) is 3.19. The van der Waals surface area contributed by atoms with Gasteiger partial charge in [-0.2, -0.15) is 10.1 Å². The quantitative estimate of drug-likeness (QED) is 0.0815. The molecule has 14 heteroatoms. The van der Waals surface area contributed by atoms with Gasteiger partial charge in [0.15, 0.2) is 36.2 Å². The second-order valence-corrected chi connectivity index (χ2v) is 11.5. The number of allylic oxidation sites excluding steroid dienone is 4. The number of aromatic nitrogens is 4. The van der Waals surface area contributed by atoms with E-state index in [1.54, 1.807) is 74.5 Å². The number of hydrogen-bond acceptors (Lipinski definition) is 7. The van der Waals surface area contributed by atoms with Gasteiger partial charge in [-0.1, -0.05) is 54.6 Å². The summed E-state index contributed by atoms with van der Waals surface area (Å²) in [7, 11) is 4.05. The monoisotopic (exact) mass is 870 g/mol. The molecule has 1 N–H and O–H groups in total. The number of aromatic amines is 1. The van der Waals surface area contributed by atoms with Gasteiger partial charge < -0.3 is 43.4 Å². The highest BCUT2D eigenvalue weighted by molar-refractivity contribution is 6.53. The number of rotatable bonds is 10. The van der Waals surface area contributed by atoms with Gasteiger partial charge in [0.25, 0.3) is 11.5 Å². The smallest absolute Gasteiger partial charge is 0.359 e. The highest BCUT2D eigenvalue weighted by Gasteiger charge is 2.35. The number of halogens is 2. The fraction of sp³-hybridized carbons (Fsp3) is 0.146. The average Bonchev–Trinajstić information content (AvgIpc) is 3.69. The second kappa shape index (κ2) is 21.0. The first-order chi connectivity index (χ1) is 25.7. The van der Waals surface area contributed by atoms with Crippen molar-refractivity contribution in [3.63, 3.8) is 0 Å². The van der Waals surface area contributed by atoms with E-state index in [4.69, 9.17) is 9.47 Å². The topological polar surface area (TPSA) is 131 Å². The van der Waals surface area contributed by atoms with Crippen LogP contribution in [0.1, 0.15) is 29.9 Å². The van der Waals surface area contributed by atoms with Crippen LogP contribution in [0.5, 0.6) is 0 Å². The van der Waals surface area contributed by atoms with Crippen LogP contribution >= 0.6 is 0 Å². The number of carbonyl (C=O) groups is 3. The molecule has 3 aromatic heterocycles. The first kappa shape index (κ1) is 43.4. The van der Waals surface area contributed by atoms with E-state index in [0.717, 1.165) is 5.01 Å². The number of aryl methyl sites for hydroxylation is 2. The molecule has 6 rings (SSSR count). The first-order valence-corrected chi connectivity index (χ1v) is 16.9. The van der Waals surface area contributed by atoms with E-state index < -0.39 is 23.4 Å². The maximum Gasteiger partial charge on any atom is 0.359 e. The van der Waals surface area contributed by atoms with Gasteiger partial charge in [-0.05, 0) is 61.4 Å². The van der Waals surface area contributed by atoms with Crippen molar-refractivity contribution >= 4 is 35.3 Å². The highest BCUT2D eigenvalue weighted by Crippen LogP contribution is 2.24. The molecule has 5 aromatic rings. The summed E-state index contributed by atoms with van der Waals surface area (Å²) in [4.78, 5) is 51.1. The lowest BCUT2D eigenvalue weighted by Gasteiger charge is -2.10. The molecule has 0 atom stereocenters. The number of H-pyrrole nitrogens is 1. The van der Waals surface area contributed by atoms with Crippen molar-refractivity contribution in [1.29, 1.82) is 0 Å². The molecule has 55 heavy (non-hydrogen) atoms. The number of carbonyl (C=O) groups excluding carboxylic acids is 3. The Bertz CT molecular complexity index is 2200. The predicted molar refractivity (Wildman–Crippen MR) is 201 cm³/mol. The number of para-hydroxylation sites is 2. The van der Waals surface area contributed by atoms with Crippen molar-refractivity contribution in [2.75, 3.05) is 18.2 Å². The lowest BCUT2D eigenvalue weighted by atomic mass is 10.1. The molecule has 4 heterocycles. The summed E-state index contributed by atoms with van der Waals surface area (Å²) in [5.74, 6) is -1.87. The Kier molecular flexibility index (Phi) is 16.6. The molecule has 1 aliphatic heterocycles. The molecule has 0 bridgehead atoms. The van der Waals surface area contributed by atoms with Crippen LogP contribution < -0.4 is 53.7 Å². The number of esters is 2. The molecule has 0 aliphatic carbocycles. The number of anilines is 1. The van der Waals surface area contributed by atoms with Crippen LogP contribution in [0.15, 0.2) is 149 Å². The van der Waals surface area contributed by atoms with Gasteiger partial charge >= 0.3 is 11.9 Å². The Morgan fingerprint density at radius 1 is 0.709 bits per heavy atom. The third kappa shape index (κ3) is 11.0. The fourth-order valence-corrected chi connectivity index (χ4v) is 5.14. The molecule has 0 spiro atoms. The van der Waals surface area contributed by atoms with Crippen LogP contribution in [-0.4, -0.2) is 46.6 Å². The number of pyridine rings is 2. The molecular formula is C41H40Br2N6O6. The summed E-state index contributed by atoms with van der Waals surface area (Å²) in [6, 6.07) is 26.0. The van der Waals surface area contributed by atoms with E-state index in [1.807, 2.05) is 29.3 Å². The molecule has 12 nitrogen and oxygen atoms in total. The minimum absolute atomic E-state index is 0. The second-order valence-electron chi connectivity index (χ2n) is 11.5. The van der Waals surface area contributed by atoms with Crippen molar-refractivity contribution in [3.8, 4) is 16.8 Å². The van der Waals surface area contributed by atoms with Crippen LogP contribution in [0.25, 0.3) is 22.9 Å². The molecule has 0 saturated carbocycles. The van der Waals surface area contributed by atoms with E-state index in [2.05, 4.69) is 59.3 Å². The fourth-order valence-electron chi connectivity index (χ4n) is 5.14. The number of nitrogens with one attached hydrogen (secondary N) is 1. The zero-order valence-electron chi connectivity index (χ0n) is 30.6. The van der Waals surface area contributed by atoms with Crippen LogP contribution in [0, 0.1) is 0 Å². The molecule has 284 valence electrons. The van der Waals surface area contributed by atoms with Gasteiger partial charge in [0.05, 0.1) is 35.7 Å². The SMILES string of the molecule is CCOC(=O)C1=NN(c2ccccc2)C(=O)C1=CC=CC=Cc1c(C(=O)OCC)[nH]n(-c2ccccc2)c1=O.C[n+]1ccc(-c2cc[n+](C)cc2)cc1.[Br-].[Br-]. The van der Waals surface area contributed by atoms with Gasteiger partial charge in [0.2, 0.25) is 0 Å². The molecule has 2 aromatic carbocycles. The molecule has 0 saturated heterocycles. The van der Waals surface area contributed by atoms with E-state index in [9.17, 15) is 19.2 Å². The average molecular weight is 873 g/mol. The van der Waals surface area contributed by atoms with Crippen LogP contribution in [0.4, 0.5) is 5.69 Å². The van der Waals surface area contributed by atoms with Gasteiger partial charge in [0.1, 0.15) is 14.1 Å². The molecule has 0 radical (unpaired) electrons. The molecule has 1 amide bonds. The van der Waals surface area contributed by atoms with Crippen molar-refractivity contribution in [3.05, 3.63) is 161 Å². The van der Waals surface area contributed by atoms with Gasteiger partial charge in [-0.15, -0.1) is 0 Å². The maximum atomic E-state index is 13.1. The predicted octanol–water partition coefficient (Wildman–Crippen LogP) is -1.19. The number of benzene rings is 2. The van der Waals surface area contributed by atoms with E-state index in [-0.39, 0.29) is 69.7 Å². The normalized spacial score (nSPS) is 12.8. The standard InChI is InChI=1S/C29H26N4O6.C12H14N2.2BrH/c1-3-38-28(36)24-22(26(34)32(30-24)20-14-8-5-9-15-20)18-12-7-13-19-23-25(29(37)39-4-2)31-33(27(23)35)21-16-10-6-11-17-21;1-13-7-3-11(4-8-13)12-5-9-14(2)10-6-12;;/h5-19,30H,3-4H2,1-2H3;3-10H,1-2H3;2*1H/q;+2;;/p-2. The van der Waals surface area contributed by atoms with Gasteiger partial charge in [0, 0.05) is 24.3 Å². The summed E-state index contributed by atoms with van der Waals surface area (Å²) < 4.78 is 15.5. The minimum Gasteiger partial charge on any atom is -1.00 e. The van der Waals surface area contributed by atoms with Gasteiger partial charge in [-0.3, -0.25) is 14.7 Å². The maximum absolute atomic E-state index is 13.1. The Labute approximate surface area is 339 Å². The zero-order valence-corrected chi connectivity index (χ0v) is 33.8.